The van der Waals surface area contributed by atoms with Gasteiger partial charge >= 0.3 is 5.97 Å². The molecular formula is C17H21ClN2O4. The second kappa shape index (κ2) is 8.15. The van der Waals surface area contributed by atoms with Crippen LogP contribution in [0.4, 0.5) is 0 Å². The van der Waals surface area contributed by atoms with Gasteiger partial charge in [-0.15, -0.1) is 0 Å². The first kappa shape index (κ1) is 18.3. The number of carboxylic acids is 1. The van der Waals surface area contributed by atoms with E-state index in [0.29, 0.717) is 17.4 Å². The highest BCUT2D eigenvalue weighted by atomic mass is 35.5. The summed E-state index contributed by atoms with van der Waals surface area (Å²) in [5, 5.41) is 15.1. The lowest BCUT2D eigenvalue weighted by molar-refractivity contribution is -0.142. The van der Waals surface area contributed by atoms with Gasteiger partial charge in [-0.1, -0.05) is 36.6 Å². The lowest BCUT2D eigenvalue weighted by Crippen LogP contribution is -2.42. The third kappa shape index (κ3) is 5.85. The predicted octanol–water partition coefficient (Wildman–Crippen LogP) is 2.28. The van der Waals surface area contributed by atoms with Gasteiger partial charge in [-0.25, -0.2) is 4.79 Å². The largest absolute Gasteiger partial charge is 0.480 e. The van der Waals surface area contributed by atoms with Crippen molar-refractivity contribution in [3.63, 3.8) is 0 Å². The zero-order chi connectivity index (χ0) is 17.7. The van der Waals surface area contributed by atoms with Crippen molar-refractivity contribution in [3.05, 3.63) is 34.9 Å². The Morgan fingerprint density at radius 2 is 1.83 bits per heavy atom. The van der Waals surface area contributed by atoms with Crippen LogP contribution in [0.15, 0.2) is 24.3 Å². The predicted molar refractivity (Wildman–Crippen MR) is 89.5 cm³/mol. The maximum Gasteiger partial charge on any atom is 0.326 e. The highest BCUT2D eigenvalue weighted by Crippen LogP contribution is 2.33. The van der Waals surface area contributed by atoms with Crippen LogP contribution in [0.2, 0.25) is 5.02 Å². The standard InChI is InChI=1S/C17H21ClN2O4/c1-10(21)19-14(12-4-6-13(18)7-5-12)9-16(22)20-15(17(23)24)8-11-2-3-11/h4-7,11,14-15H,2-3,8-9H2,1H3,(H,19,21)(H,20,22)(H,23,24). The number of carboxylic acid groups (broad SMARTS) is 1. The minimum atomic E-state index is -1.03. The molecule has 1 fully saturated rings. The Bertz CT molecular complexity index is 614. The first-order chi connectivity index (χ1) is 11.3. The average molecular weight is 353 g/mol. The Kier molecular flexibility index (Phi) is 6.20. The van der Waals surface area contributed by atoms with Gasteiger partial charge < -0.3 is 15.7 Å². The maximum atomic E-state index is 12.2. The van der Waals surface area contributed by atoms with E-state index in [9.17, 15) is 19.5 Å². The van der Waals surface area contributed by atoms with Gasteiger partial charge in [0, 0.05) is 11.9 Å². The fourth-order valence-corrected chi connectivity index (χ4v) is 2.67. The van der Waals surface area contributed by atoms with E-state index in [0.717, 1.165) is 18.4 Å². The van der Waals surface area contributed by atoms with E-state index in [4.69, 9.17) is 11.6 Å². The Labute approximate surface area is 145 Å². The molecule has 1 aromatic rings. The molecule has 2 amide bonds. The van der Waals surface area contributed by atoms with Crippen molar-refractivity contribution in [1.82, 2.24) is 10.6 Å². The average Bonchev–Trinajstić information content (AvgIpc) is 3.30. The Balaban J connectivity index is 2.01. The number of carbonyl (C=O) groups excluding carboxylic acids is 2. The summed E-state index contributed by atoms with van der Waals surface area (Å²) in [5.74, 6) is -1.32. The SMILES string of the molecule is CC(=O)NC(CC(=O)NC(CC1CC1)C(=O)O)c1ccc(Cl)cc1. The van der Waals surface area contributed by atoms with Crippen LogP contribution in [-0.4, -0.2) is 28.9 Å². The molecule has 130 valence electrons. The van der Waals surface area contributed by atoms with Gasteiger partial charge in [0.2, 0.25) is 11.8 Å². The van der Waals surface area contributed by atoms with Crippen molar-refractivity contribution in [3.8, 4) is 0 Å². The van der Waals surface area contributed by atoms with Crippen molar-refractivity contribution in [1.29, 1.82) is 0 Å². The van der Waals surface area contributed by atoms with Gasteiger partial charge in [0.15, 0.2) is 0 Å². The number of nitrogens with one attached hydrogen (secondary N) is 2. The summed E-state index contributed by atoms with van der Waals surface area (Å²) in [5.41, 5.74) is 0.735. The smallest absolute Gasteiger partial charge is 0.326 e. The van der Waals surface area contributed by atoms with E-state index in [1.54, 1.807) is 24.3 Å². The van der Waals surface area contributed by atoms with E-state index in [1.807, 2.05) is 0 Å². The number of benzene rings is 1. The quantitative estimate of drug-likeness (QED) is 0.668. The highest BCUT2D eigenvalue weighted by Gasteiger charge is 2.30. The molecule has 2 rings (SSSR count). The molecule has 0 radical (unpaired) electrons. The van der Waals surface area contributed by atoms with Gasteiger partial charge in [0.05, 0.1) is 12.5 Å². The van der Waals surface area contributed by atoms with Crippen molar-refractivity contribution in [2.75, 3.05) is 0 Å². The molecule has 0 heterocycles. The van der Waals surface area contributed by atoms with Gasteiger partial charge in [0.1, 0.15) is 6.04 Å². The summed E-state index contributed by atoms with van der Waals surface area (Å²) in [4.78, 5) is 34.9. The number of hydrogen-bond donors (Lipinski definition) is 3. The molecule has 2 unspecified atom stereocenters. The highest BCUT2D eigenvalue weighted by molar-refractivity contribution is 6.30. The minimum absolute atomic E-state index is 0.0321. The van der Waals surface area contributed by atoms with Crippen molar-refractivity contribution < 1.29 is 19.5 Å². The van der Waals surface area contributed by atoms with Crippen LogP contribution in [0, 0.1) is 5.92 Å². The molecule has 0 aromatic heterocycles. The summed E-state index contributed by atoms with van der Waals surface area (Å²) < 4.78 is 0. The van der Waals surface area contributed by atoms with Crippen LogP contribution in [0.25, 0.3) is 0 Å². The molecule has 2 atom stereocenters. The molecule has 24 heavy (non-hydrogen) atoms. The van der Waals surface area contributed by atoms with Crippen LogP contribution in [0.5, 0.6) is 0 Å². The van der Waals surface area contributed by atoms with E-state index in [2.05, 4.69) is 10.6 Å². The third-order valence-corrected chi connectivity index (χ3v) is 4.19. The van der Waals surface area contributed by atoms with Crippen LogP contribution >= 0.6 is 11.6 Å². The molecule has 1 aliphatic rings. The minimum Gasteiger partial charge on any atom is -0.480 e. The molecule has 0 spiro atoms. The van der Waals surface area contributed by atoms with E-state index >= 15 is 0 Å². The monoisotopic (exact) mass is 352 g/mol. The number of rotatable bonds is 8. The van der Waals surface area contributed by atoms with Crippen LogP contribution in [-0.2, 0) is 14.4 Å². The second-order valence-electron chi connectivity index (χ2n) is 6.15. The first-order valence-electron chi connectivity index (χ1n) is 7.90. The number of aliphatic carboxylic acids is 1. The zero-order valence-electron chi connectivity index (χ0n) is 13.4. The van der Waals surface area contributed by atoms with Gasteiger partial charge in [-0.3, -0.25) is 9.59 Å². The molecule has 3 N–H and O–H groups in total. The topological polar surface area (TPSA) is 95.5 Å². The number of halogens is 1. The molecule has 6 nitrogen and oxygen atoms in total. The van der Waals surface area contributed by atoms with Crippen molar-refractivity contribution in [2.24, 2.45) is 5.92 Å². The van der Waals surface area contributed by atoms with Gasteiger partial charge in [0.25, 0.3) is 0 Å². The Morgan fingerprint density at radius 1 is 1.21 bits per heavy atom. The summed E-state index contributed by atoms with van der Waals surface area (Å²) in [7, 11) is 0. The van der Waals surface area contributed by atoms with Crippen molar-refractivity contribution in [2.45, 2.75) is 44.7 Å². The summed E-state index contributed by atoms with van der Waals surface area (Å²) in [6, 6.07) is 5.40. The number of hydrogen-bond acceptors (Lipinski definition) is 3. The Morgan fingerprint density at radius 3 is 2.33 bits per heavy atom. The number of carbonyl (C=O) groups is 3. The Hall–Kier alpha value is -2.08. The van der Waals surface area contributed by atoms with Gasteiger partial charge in [-0.05, 0) is 30.0 Å². The summed E-state index contributed by atoms with van der Waals surface area (Å²) >= 11 is 5.85. The van der Waals surface area contributed by atoms with Gasteiger partial charge in [-0.2, -0.15) is 0 Å². The first-order valence-corrected chi connectivity index (χ1v) is 8.27. The lowest BCUT2D eigenvalue weighted by Gasteiger charge is -2.20. The molecule has 0 saturated heterocycles. The van der Waals surface area contributed by atoms with E-state index in [-0.39, 0.29) is 12.3 Å². The summed E-state index contributed by atoms with van der Waals surface area (Å²) in [6.45, 7) is 1.37. The maximum absolute atomic E-state index is 12.2. The lowest BCUT2D eigenvalue weighted by atomic mass is 10.0. The fourth-order valence-electron chi connectivity index (χ4n) is 2.54. The molecule has 1 aromatic carbocycles. The molecule has 7 heteroatoms. The second-order valence-corrected chi connectivity index (χ2v) is 6.58. The summed E-state index contributed by atoms with van der Waals surface area (Å²) in [6.07, 6.45) is 2.44. The van der Waals surface area contributed by atoms with Crippen molar-refractivity contribution >= 4 is 29.4 Å². The fraction of sp³-hybridized carbons (Fsp3) is 0.471. The molecular weight excluding hydrogens is 332 g/mol. The third-order valence-electron chi connectivity index (χ3n) is 3.94. The molecule has 0 aliphatic heterocycles. The van der Waals surface area contributed by atoms with E-state index in [1.165, 1.54) is 6.92 Å². The molecule has 0 bridgehead atoms. The van der Waals surface area contributed by atoms with Crippen LogP contribution in [0.1, 0.15) is 44.2 Å². The zero-order valence-corrected chi connectivity index (χ0v) is 14.2. The van der Waals surface area contributed by atoms with Crippen LogP contribution in [0.3, 0.4) is 0 Å². The number of amides is 2. The molecule has 1 saturated carbocycles. The molecule has 1 aliphatic carbocycles. The van der Waals surface area contributed by atoms with Crippen LogP contribution < -0.4 is 10.6 Å². The normalized spacial score (nSPS) is 16.1. The van der Waals surface area contributed by atoms with E-state index < -0.39 is 24.0 Å².